The fraction of sp³-hybridized carbons (Fsp3) is 0.333. The number of hydrogen-bond acceptors (Lipinski definition) is 3. The Morgan fingerprint density at radius 1 is 1.38 bits per heavy atom. The van der Waals surface area contributed by atoms with Gasteiger partial charge in [0.2, 0.25) is 0 Å². The predicted octanol–water partition coefficient (Wildman–Crippen LogP) is 1.50. The lowest BCUT2D eigenvalue weighted by Crippen LogP contribution is -2.04. The molecule has 4 heteroatoms. The molecule has 2 rings (SSSR count). The van der Waals surface area contributed by atoms with E-state index in [0.717, 1.165) is 16.9 Å². The fourth-order valence-corrected chi connectivity index (χ4v) is 1.63. The lowest BCUT2D eigenvalue weighted by Gasteiger charge is -2.03. The lowest BCUT2D eigenvalue weighted by atomic mass is 10.2. The average Bonchev–Trinajstić information content (AvgIpc) is 2.66. The summed E-state index contributed by atoms with van der Waals surface area (Å²) < 4.78 is 1.74. The van der Waals surface area contributed by atoms with Crippen LogP contribution in [0.25, 0.3) is 5.69 Å². The van der Waals surface area contributed by atoms with Gasteiger partial charge >= 0.3 is 0 Å². The molecule has 1 heterocycles. The fourth-order valence-electron chi connectivity index (χ4n) is 1.63. The van der Waals surface area contributed by atoms with Gasteiger partial charge in [-0.05, 0) is 25.5 Å². The standard InChI is InChI=1S/C12H15N3O/c1-9-5-3-4-6-12(9)15-8-11(13-14-15)7-10(2)16/h3-6,8,10,16H,7H2,1-2H3. The van der Waals surface area contributed by atoms with Crippen LogP contribution in [-0.4, -0.2) is 26.2 Å². The smallest absolute Gasteiger partial charge is 0.0857 e. The van der Waals surface area contributed by atoms with E-state index in [1.54, 1.807) is 11.6 Å². The number of aliphatic hydroxyl groups is 1. The zero-order chi connectivity index (χ0) is 11.5. The summed E-state index contributed by atoms with van der Waals surface area (Å²) in [5.74, 6) is 0. The van der Waals surface area contributed by atoms with Gasteiger partial charge in [-0.2, -0.15) is 0 Å². The molecule has 0 saturated carbocycles. The minimum Gasteiger partial charge on any atom is -0.393 e. The van der Waals surface area contributed by atoms with Crippen molar-refractivity contribution in [1.29, 1.82) is 0 Å². The minimum absolute atomic E-state index is 0.387. The zero-order valence-corrected chi connectivity index (χ0v) is 9.46. The van der Waals surface area contributed by atoms with Gasteiger partial charge in [0.05, 0.1) is 23.7 Å². The molecular weight excluding hydrogens is 202 g/mol. The van der Waals surface area contributed by atoms with Crippen molar-refractivity contribution in [1.82, 2.24) is 15.0 Å². The highest BCUT2D eigenvalue weighted by Crippen LogP contribution is 2.12. The highest BCUT2D eigenvalue weighted by Gasteiger charge is 2.06. The molecule has 0 radical (unpaired) electrons. The molecule has 0 aliphatic heterocycles. The molecule has 0 aliphatic carbocycles. The van der Waals surface area contributed by atoms with E-state index in [1.807, 2.05) is 37.4 Å². The summed E-state index contributed by atoms with van der Waals surface area (Å²) in [6.07, 6.45) is 2.00. The van der Waals surface area contributed by atoms with Gasteiger partial charge in [-0.3, -0.25) is 0 Å². The Kier molecular flexibility index (Phi) is 3.01. The monoisotopic (exact) mass is 217 g/mol. The van der Waals surface area contributed by atoms with Gasteiger partial charge < -0.3 is 5.11 Å². The van der Waals surface area contributed by atoms with Crippen molar-refractivity contribution in [2.75, 3.05) is 0 Å². The molecule has 1 atom stereocenters. The third-order valence-corrected chi connectivity index (χ3v) is 2.41. The summed E-state index contributed by atoms with van der Waals surface area (Å²) in [5.41, 5.74) is 2.97. The van der Waals surface area contributed by atoms with E-state index in [-0.39, 0.29) is 6.10 Å². The third-order valence-electron chi connectivity index (χ3n) is 2.41. The highest BCUT2D eigenvalue weighted by molar-refractivity contribution is 5.38. The molecule has 0 fully saturated rings. The number of aryl methyl sites for hydroxylation is 1. The Hall–Kier alpha value is -1.68. The molecule has 0 amide bonds. The van der Waals surface area contributed by atoms with Crippen LogP contribution in [0.15, 0.2) is 30.5 Å². The van der Waals surface area contributed by atoms with Crippen molar-refractivity contribution < 1.29 is 5.11 Å². The molecule has 1 aromatic carbocycles. The summed E-state index contributed by atoms with van der Waals surface area (Å²) in [6, 6.07) is 7.99. The van der Waals surface area contributed by atoms with Crippen LogP contribution in [0.1, 0.15) is 18.2 Å². The van der Waals surface area contributed by atoms with E-state index in [2.05, 4.69) is 10.3 Å². The molecule has 1 N–H and O–H groups in total. The van der Waals surface area contributed by atoms with Crippen LogP contribution < -0.4 is 0 Å². The predicted molar refractivity (Wildman–Crippen MR) is 61.5 cm³/mol. The second-order valence-electron chi connectivity index (χ2n) is 3.99. The Bertz CT molecular complexity index is 477. The normalized spacial score (nSPS) is 12.7. The van der Waals surface area contributed by atoms with Gasteiger partial charge in [-0.1, -0.05) is 23.4 Å². The average molecular weight is 217 g/mol. The minimum atomic E-state index is -0.387. The number of para-hydroxylation sites is 1. The maximum atomic E-state index is 9.26. The SMILES string of the molecule is Cc1ccccc1-n1cc(CC(C)O)nn1. The molecule has 84 valence electrons. The van der Waals surface area contributed by atoms with Crippen LogP contribution in [0.4, 0.5) is 0 Å². The second-order valence-corrected chi connectivity index (χ2v) is 3.99. The van der Waals surface area contributed by atoms with Crippen LogP contribution in [0.2, 0.25) is 0 Å². The van der Waals surface area contributed by atoms with E-state index >= 15 is 0 Å². The maximum absolute atomic E-state index is 9.26. The van der Waals surface area contributed by atoms with Crippen LogP contribution >= 0.6 is 0 Å². The first-order chi connectivity index (χ1) is 7.66. The quantitative estimate of drug-likeness (QED) is 0.847. The van der Waals surface area contributed by atoms with Gasteiger partial charge in [0, 0.05) is 6.42 Å². The van der Waals surface area contributed by atoms with Gasteiger partial charge in [-0.25, -0.2) is 4.68 Å². The van der Waals surface area contributed by atoms with Gasteiger partial charge in [0.25, 0.3) is 0 Å². The van der Waals surface area contributed by atoms with E-state index in [1.165, 1.54) is 0 Å². The van der Waals surface area contributed by atoms with Crippen LogP contribution in [0, 0.1) is 6.92 Å². The number of benzene rings is 1. The van der Waals surface area contributed by atoms with Crippen molar-refractivity contribution >= 4 is 0 Å². The molecule has 0 spiro atoms. The number of hydrogen-bond donors (Lipinski definition) is 1. The summed E-state index contributed by atoms with van der Waals surface area (Å²) in [5, 5.41) is 17.3. The Morgan fingerprint density at radius 3 is 2.81 bits per heavy atom. The van der Waals surface area contributed by atoms with E-state index in [0.29, 0.717) is 6.42 Å². The van der Waals surface area contributed by atoms with Gasteiger partial charge in [0.1, 0.15) is 0 Å². The molecule has 0 saturated heterocycles. The Morgan fingerprint density at radius 2 is 2.12 bits per heavy atom. The van der Waals surface area contributed by atoms with Crippen molar-refractivity contribution in [2.24, 2.45) is 0 Å². The Balaban J connectivity index is 2.28. The van der Waals surface area contributed by atoms with Crippen LogP contribution in [-0.2, 0) is 6.42 Å². The zero-order valence-electron chi connectivity index (χ0n) is 9.46. The molecule has 0 aliphatic rings. The number of aliphatic hydroxyl groups excluding tert-OH is 1. The first-order valence-corrected chi connectivity index (χ1v) is 5.32. The molecule has 0 bridgehead atoms. The summed E-state index contributed by atoms with van der Waals surface area (Å²) >= 11 is 0. The molecule has 4 nitrogen and oxygen atoms in total. The van der Waals surface area contributed by atoms with Crippen molar-refractivity contribution in [3.63, 3.8) is 0 Å². The van der Waals surface area contributed by atoms with E-state index < -0.39 is 0 Å². The lowest BCUT2D eigenvalue weighted by molar-refractivity contribution is 0.194. The first kappa shape index (κ1) is 10.8. The maximum Gasteiger partial charge on any atom is 0.0857 e. The topological polar surface area (TPSA) is 50.9 Å². The van der Waals surface area contributed by atoms with E-state index in [4.69, 9.17) is 0 Å². The van der Waals surface area contributed by atoms with Crippen LogP contribution in [0.5, 0.6) is 0 Å². The number of rotatable bonds is 3. The molecule has 1 unspecified atom stereocenters. The van der Waals surface area contributed by atoms with Gasteiger partial charge in [-0.15, -0.1) is 5.10 Å². The van der Waals surface area contributed by atoms with Gasteiger partial charge in [0.15, 0.2) is 0 Å². The third kappa shape index (κ3) is 2.28. The number of aromatic nitrogens is 3. The summed E-state index contributed by atoms with van der Waals surface area (Å²) in [7, 11) is 0. The van der Waals surface area contributed by atoms with E-state index in [9.17, 15) is 5.11 Å². The molecule has 1 aromatic heterocycles. The largest absolute Gasteiger partial charge is 0.393 e. The van der Waals surface area contributed by atoms with Crippen LogP contribution in [0.3, 0.4) is 0 Å². The second kappa shape index (κ2) is 4.45. The number of nitrogens with zero attached hydrogens (tertiary/aromatic N) is 3. The Labute approximate surface area is 94.5 Å². The molecule has 2 aromatic rings. The molecule has 16 heavy (non-hydrogen) atoms. The first-order valence-electron chi connectivity index (χ1n) is 5.32. The van der Waals surface area contributed by atoms with Crippen molar-refractivity contribution in [3.8, 4) is 5.69 Å². The molecular formula is C12H15N3O. The van der Waals surface area contributed by atoms with Crippen molar-refractivity contribution in [3.05, 3.63) is 41.7 Å². The summed E-state index contributed by atoms with van der Waals surface area (Å²) in [6.45, 7) is 3.78. The van der Waals surface area contributed by atoms with Crippen molar-refractivity contribution in [2.45, 2.75) is 26.4 Å². The highest BCUT2D eigenvalue weighted by atomic mass is 16.3. The summed E-state index contributed by atoms with van der Waals surface area (Å²) in [4.78, 5) is 0.